The molecule has 4 heteroatoms. The third-order valence-electron chi connectivity index (χ3n) is 4.48. The van der Waals surface area contributed by atoms with Crippen LogP contribution in [0.3, 0.4) is 0 Å². The van der Waals surface area contributed by atoms with E-state index >= 15 is 0 Å². The first kappa shape index (κ1) is 15.2. The van der Waals surface area contributed by atoms with Crippen LogP contribution in [-0.4, -0.2) is 34.5 Å². The molecule has 1 saturated carbocycles. The van der Waals surface area contributed by atoms with Gasteiger partial charge < -0.3 is 4.74 Å². The van der Waals surface area contributed by atoms with Crippen LogP contribution < -0.4 is 0 Å². The number of ether oxygens (including phenoxy) is 1. The summed E-state index contributed by atoms with van der Waals surface area (Å²) in [6, 6.07) is 0. The summed E-state index contributed by atoms with van der Waals surface area (Å²) in [7, 11) is 0. The first-order chi connectivity index (χ1) is 9.40. The summed E-state index contributed by atoms with van der Waals surface area (Å²) >= 11 is 0. The normalized spacial score (nSPS) is 21.4. The molecular weight excluding hydrogens is 254 g/mol. The molecule has 112 valence electrons. The van der Waals surface area contributed by atoms with Crippen LogP contribution in [0.25, 0.3) is 0 Å². The number of rotatable bonds is 7. The molecule has 1 aliphatic heterocycles. The number of imide groups is 1. The Bertz CT molecular complexity index is 403. The zero-order valence-corrected chi connectivity index (χ0v) is 12.8. The van der Waals surface area contributed by atoms with Gasteiger partial charge in [0, 0.05) is 18.8 Å². The van der Waals surface area contributed by atoms with Gasteiger partial charge in [0.1, 0.15) is 0 Å². The highest BCUT2D eigenvalue weighted by Crippen LogP contribution is 2.42. The minimum atomic E-state index is -0.292. The summed E-state index contributed by atoms with van der Waals surface area (Å²) in [5.41, 5.74) is -0.420. The molecule has 0 bridgehead atoms. The van der Waals surface area contributed by atoms with E-state index in [1.165, 1.54) is 17.1 Å². The predicted molar refractivity (Wildman–Crippen MR) is 77.1 cm³/mol. The third kappa shape index (κ3) is 2.95. The Hall–Kier alpha value is -1.16. The van der Waals surface area contributed by atoms with E-state index in [1.54, 1.807) is 0 Å². The molecule has 0 saturated heterocycles. The van der Waals surface area contributed by atoms with Gasteiger partial charge in [0.15, 0.2) is 0 Å². The lowest BCUT2D eigenvalue weighted by Crippen LogP contribution is -2.57. The molecule has 4 nitrogen and oxygen atoms in total. The standard InChI is InChI=1S/C16H25NO3/c1-4-8-15(2,3)20-12-11-16(9-5-10-16)17-13(18)6-7-14(17)19/h6-7H,4-5,8-12H2,1-3H3. The SMILES string of the molecule is CCCC(C)(C)OCCC1(N2C(=O)C=CC2=O)CCC1. The summed E-state index contributed by atoms with van der Waals surface area (Å²) < 4.78 is 5.96. The second kappa shape index (κ2) is 5.68. The maximum atomic E-state index is 11.9. The van der Waals surface area contributed by atoms with Gasteiger partial charge in [0.05, 0.1) is 11.1 Å². The predicted octanol–water partition coefficient (Wildman–Crippen LogP) is 2.82. The highest BCUT2D eigenvalue weighted by molar-refractivity contribution is 6.13. The van der Waals surface area contributed by atoms with Crippen molar-refractivity contribution in [2.45, 2.75) is 70.4 Å². The van der Waals surface area contributed by atoms with Crippen LogP contribution in [-0.2, 0) is 14.3 Å². The maximum absolute atomic E-state index is 11.9. The molecule has 1 heterocycles. The molecule has 0 unspecified atom stereocenters. The van der Waals surface area contributed by atoms with Crippen molar-refractivity contribution in [2.24, 2.45) is 0 Å². The molecule has 2 amide bonds. The first-order valence-electron chi connectivity index (χ1n) is 7.60. The lowest BCUT2D eigenvalue weighted by atomic mass is 9.73. The minimum absolute atomic E-state index is 0.128. The van der Waals surface area contributed by atoms with Crippen LogP contribution in [0.15, 0.2) is 12.2 Å². The van der Waals surface area contributed by atoms with Crippen molar-refractivity contribution in [2.75, 3.05) is 6.61 Å². The Kier molecular flexibility index (Phi) is 4.33. The number of carbonyl (C=O) groups is 2. The maximum Gasteiger partial charge on any atom is 0.254 e. The molecule has 0 spiro atoms. The molecule has 1 aliphatic carbocycles. The average Bonchev–Trinajstić information content (AvgIpc) is 2.63. The molecule has 2 aliphatic rings. The van der Waals surface area contributed by atoms with Crippen molar-refractivity contribution >= 4 is 11.8 Å². The van der Waals surface area contributed by atoms with Crippen molar-refractivity contribution in [3.63, 3.8) is 0 Å². The van der Waals surface area contributed by atoms with Gasteiger partial charge in [-0.1, -0.05) is 13.3 Å². The van der Waals surface area contributed by atoms with Crippen molar-refractivity contribution < 1.29 is 14.3 Å². The van der Waals surface area contributed by atoms with Gasteiger partial charge in [-0.2, -0.15) is 0 Å². The van der Waals surface area contributed by atoms with Gasteiger partial charge in [0.25, 0.3) is 11.8 Å². The van der Waals surface area contributed by atoms with E-state index in [9.17, 15) is 9.59 Å². The van der Waals surface area contributed by atoms with E-state index in [0.717, 1.165) is 38.5 Å². The van der Waals surface area contributed by atoms with Crippen LogP contribution >= 0.6 is 0 Å². The van der Waals surface area contributed by atoms with Crippen molar-refractivity contribution in [1.29, 1.82) is 0 Å². The largest absolute Gasteiger partial charge is 0.375 e. The molecule has 0 aromatic carbocycles. The van der Waals surface area contributed by atoms with Gasteiger partial charge in [-0.3, -0.25) is 14.5 Å². The summed E-state index contributed by atoms with van der Waals surface area (Å²) in [5, 5.41) is 0. The third-order valence-corrected chi connectivity index (χ3v) is 4.48. The Labute approximate surface area is 121 Å². The Balaban J connectivity index is 1.93. The lowest BCUT2D eigenvalue weighted by Gasteiger charge is -2.48. The highest BCUT2D eigenvalue weighted by Gasteiger charge is 2.48. The zero-order valence-electron chi connectivity index (χ0n) is 12.8. The quantitative estimate of drug-likeness (QED) is 0.673. The van der Waals surface area contributed by atoms with E-state index in [1.807, 2.05) is 0 Å². The van der Waals surface area contributed by atoms with Crippen LogP contribution in [0.2, 0.25) is 0 Å². The first-order valence-corrected chi connectivity index (χ1v) is 7.60. The van der Waals surface area contributed by atoms with Gasteiger partial charge in [-0.25, -0.2) is 0 Å². The minimum Gasteiger partial charge on any atom is -0.375 e. The molecule has 0 atom stereocenters. The molecule has 0 aromatic heterocycles. The van der Waals surface area contributed by atoms with E-state index in [0.29, 0.717) is 6.61 Å². The fourth-order valence-corrected chi connectivity index (χ4v) is 3.23. The number of nitrogens with zero attached hydrogens (tertiary/aromatic N) is 1. The van der Waals surface area contributed by atoms with Crippen molar-refractivity contribution in [1.82, 2.24) is 4.90 Å². The van der Waals surface area contributed by atoms with Gasteiger partial charge in [-0.05, 0) is 46.0 Å². The molecule has 0 N–H and O–H groups in total. The zero-order chi connectivity index (χ0) is 14.8. The van der Waals surface area contributed by atoms with E-state index in [4.69, 9.17) is 4.74 Å². The summed E-state index contributed by atoms with van der Waals surface area (Å²) in [6.45, 7) is 6.94. The summed E-state index contributed by atoms with van der Waals surface area (Å²) in [4.78, 5) is 25.2. The molecule has 20 heavy (non-hydrogen) atoms. The van der Waals surface area contributed by atoms with Gasteiger partial charge in [0.2, 0.25) is 0 Å². The summed E-state index contributed by atoms with van der Waals surface area (Å²) in [6.07, 6.45) is 8.50. The molecule has 1 fully saturated rings. The van der Waals surface area contributed by atoms with Crippen LogP contribution in [0.5, 0.6) is 0 Å². The van der Waals surface area contributed by atoms with E-state index in [2.05, 4.69) is 20.8 Å². The molecule has 2 rings (SSSR count). The Morgan fingerprint density at radius 1 is 1.25 bits per heavy atom. The van der Waals surface area contributed by atoms with E-state index < -0.39 is 0 Å². The smallest absolute Gasteiger partial charge is 0.254 e. The highest BCUT2D eigenvalue weighted by atomic mass is 16.5. The summed E-state index contributed by atoms with van der Waals surface area (Å²) in [5.74, 6) is -0.329. The number of hydrogen-bond donors (Lipinski definition) is 0. The van der Waals surface area contributed by atoms with Crippen molar-refractivity contribution in [3.05, 3.63) is 12.2 Å². The van der Waals surface area contributed by atoms with Crippen LogP contribution in [0.4, 0.5) is 0 Å². The second-order valence-corrected chi connectivity index (χ2v) is 6.53. The second-order valence-electron chi connectivity index (χ2n) is 6.53. The van der Waals surface area contributed by atoms with E-state index in [-0.39, 0.29) is 23.0 Å². The Morgan fingerprint density at radius 2 is 1.85 bits per heavy atom. The van der Waals surface area contributed by atoms with Gasteiger partial charge >= 0.3 is 0 Å². The topological polar surface area (TPSA) is 46.6 Å². The number of hydrogen-bond acceptors (Lipinski definition) is 3. The van der Waals surface area contributed by atoms with Crippen LogP contribution in [0, 0.1) is 0 Å². The van der Waals surface area contributed by atoms with Gasteiger partial charge in [-0.15, -0.1) is 0 Å². The number of amides is 2. The molecular formula is C16H25NO3. The molecule has 0 radical (unpaired) electrons. The lowest BCUT2D eigenvalue weighted by molar-refractivity contribution is -0.150. The molecule has 0 aromatic rings. The average molecular weight is 279 g/mol. The Morgan fingerprint density at radius 3 is 2.30 bits per heavy atom. The fraction of sp³-hybridized carbons (Fsp3) is 0.750. The monoisotopic (exact) mass is 279 g/mol. The number of carbonyl (C=O) groups excluding carboxylic acids is 2. The van der Waals surface area contributed by atoms with Crippen molar-refractivity contribution in [3.8, 4) is 0 Å². The van der Waals surface area contributed by atoms with Crippen LogP contribution in [0.1, 0.15) is 59.3 Å². The fourth-order valence-electron chi connectivity index (χ4n) is 3.23.